The minimum atomic E-state index is -4.93. The second-order valence-electron chi connectivity index (χ2n) is 6.11. The number of rotatable bonds is 5. The molecule has 0 N–H and O–H groups in total. The van der Waals surface area contributed by atoms with Crippen molar-refractivity contribution < 1.29 is 35.8 Å². The molecule has 3 nitrogen and oxygen atoms in total. The van der Waals surface area contributed by atoms with Gasteiger partial charge in [-0.05, 0) is 43.2 Å². The van der Waals surface area contributed by atoms with E-state index in [9.17, 15) is 26.3 Å². The van der Waals surface area contributed by atoms with Crippen LogP contribution in [-0.2, 0) is 21.8 Å². The van der Waals surface area contributed by atoms with E-state index in [1.807, 2.05) is 0 Å². The summed E-state index contributed by atoms with van der Waals surface area (Å²) in [5, 5.41) is 0. The molecule has 0 aliphatic carbocycles. The summed E-state index contributed by atoms with van der Waals surface area (Å²) in [5.74, 6) is 0. The van der Waals surface area contributed by atoms with Gasteiger partial charge in [-0.1, -0.05) is 18.7 Å². The van der Waals surface area contributed by atoms with Gasteiger partial charge in [-0.3, -0.25) is 4.99 Å². The molecule has 0 saturated carbocycles. The lowest BCUT2D eigenvalue weighted by Gasteiger charge is -2.28. The van der Waals surface area contributed by atoms with E-state index in [4.69, 9.17) is 9.47 Å². The zero-order valence-electron chi connectivity index (χ0n) is 15.2. The summed E-state index contributed by atoms with van der Waals surface area (Å²) in [6.45, 7) is 7.48. The van der Waals surface area contributed by atoms with Crippen molar-refractivity contribution in [3.05, 3.63) is 59.2 Å². The third-order valence-electron chi connectivity index (χ3n) is 3.97. The lowest BCUT2D eigenvalue weighted by Crippen LogP contribution is -2.34. The quantitative estimate of drug-likeness (QED) is 0.461. The van der Waals surface area contributed by atoms with Gasteiger partial charge in [0.1, 0.15) is 0 Å². The first kappa shape index (κ1) is 22.2. The van der Waals surface area contributed by atoms with Gasteiger partial charge in [-0.15, -0.1) is 0 Å². The Bertz CT molecular complexity index is 747. The number of benzene rings is 1. The van der Waals surface area contributed by atoms with Crippen LogP contribution in [-0.4, -0.2) is 25.2 Å². The number of alkyl halides is 6. The average Bonchev–Trinajstić information content (AvgIpc) is 2.60. The van der Waals surface area contributed by atoms with Crippen molar-refractivity contribution in [3.63, 3.8) is 0 Å². The van der Waals surface area contributed by atoms with Crippen LogP contribution < -0.4 is 0 Å². The Morgan fingerprint density at radius 3 is 2.25 bits per heavy atom. The number of hydrogen-bond donors (Lipinski definition) is 0. The summed E-state index contributed by atoms with van der Waals surface area (Å²) in [7, 11) is 0. The van der Waals surface area contributed by atoms with E-state index in [-0.39, 0.29) is 18.2 Å². The van der Waals surface area contributed by atoms with E-state index in [2.05, 4.69) is 11.6 Å². The lowest BCUT2D eigenvalue weighted by atomic mass is 10.0. The third-order valence-corrected chi connectivity index (χ3v) is 3.97. The highest BCUT2D eigenvalue weighted by Gasteiger charge is 2.37. The van der Waals surface area contributed by atoms with Crippen molar-refractivity contribution in [2.45, 2.75) is 38.6 Å². The molecule has 2 atom stereocenters. The lowest BCUT2D eigenvalue weighted by molar-refractivity contribution is -0.144. The van der Waals surface area contributed by atoms with E-state index in [0.29, 0.717) is 30.0 Å². The van der Waals surface area contributed by atoms with E-state index in [1.165, 1.54) is 6.92 Å². The largest absolute Gasteiger partial charge is 0.416 e. The van der Waals surface area contributed by atoms with Gasteiger partial charge in [0, 0.05) is 0 Å². The molecule has 0 amide bonds. The molecule has 154 valence electrons. The highest BCUT2D eigenvalue weighted by atomic mass is 19.4. The SMILES string of the molecule is C=C(/C=C\C)C1=NCCO[C@@H]1O[C@H](C)c1cc(C(F)(F)F)cc(C(F)(F)F)c1. The van der Waals surface area contributed by atoms with Crippen LogP contribution in [0.15, 0.2) is 47.5 Å². The van der Waals surface area contributed by atoms with Gasteiger partial charge in [0.2, 0.25) is 6.29 Å². The molecular formula is C19H19F6NO2. The van der Waals surface area contributed by atoms with Gasteiger partial charge < -0.3 is 9.47 Å². The van der Waals surface area contributed by atoms with Gasteiger partial charge in [0.05, 0.1) is 36.1 Å². The molecular weight excluding hydrogens is 388 g/mol. The van der Waals surface area contributed by atoms with Crippen molar-refractivity contribution in [1.29, 1.82) is 0 Å². The molecule has 28 heavy (non-hydrogen) atoms. The molecule has 0 radical (unpaired) electrons. The van der Waals surface area contributed by atoms with Crippen molar-refractivity contribution in [3.8, 4) is 0 Å². The molecule has 1 aliphatic rings. The molecule has 0 saturated heterocycles. The monoisotopic (exact) mass is 407 g/mol. The van der Waals surface area contributed by atoms with Crippen molar-refractivity contribution in [2.75, 3.05) is 13.2 Å². The van der Waals surface area contributed by atoms with E-state index in [0.717, 1.165) is 0 Å². The van der Waals surface area contributed by atoms with E-state index >= 15 is 0 Å². The number of halogens is 6. The first-order chi connectivity index (χ1) is 12.9. The van der Waals surface area contributed by atoms with Crippen LogP contribution in [0.5, 0.6) is 0 Å². The van der Waals surface area contributed by atoms with Gasteiger partial charge in [0.15, 0.2) is 0 Å². The van der Waals surface area contributed by atoms with Gasteiger partial charge in [0.25, 0.3) is 0 Å². The second-order valence-corrected chi connectivity index (χ2v) is 6.11. The zero-order valence-corrected chi connectivity index (χ0v) is 15.2. The Morgan fingerprint density at radius 1 is 1.18 bits per heavy atom. The fourth-order valence-electron chi connectivity index (χ4n) is 2.60. The van der Waals surface area contributed by atoms with Crippen LogP contribution in [0.4, 0.5) is 26.3 Å². The molecule has 0 spiro atoms. The number of nitrogens with zero attached hydrogens (tertiary/aromatic N) is 1. The molecule has 0 unspecified atom stereocenters. The van der Waals surface area contributed by atoms with E-state index < -0.39 is 35.9 Å². The van der Waals surface area contributed by atoms with Crippen LogP contribution in [0, 0.1) is 0 Å². The Kier molecular flexibility index (Phi) is 6.71. The minimum Gasteiger partial charge on any atom is -0.345 e. The number of aliphatic imine (C=N–C) groups is 1. The number of hydrogen-bond acceptors (Lipinski definition) is 3. The summed E-state index contributed by atoms with van der Waals surface area (Å²) < 4.78 is 89.3. The Balaban J connectivity index is 2.35. The maximum atomic E-state index is 13.0. The predicted octanol–water partition coefficient (Wildman–Crippen LogP) is 5.73. The topological polar surface area (TPSA) is 30.8 Å². The van der Waals surface area contributed by atoms with Gasteiger partial charge in [-0.25, -0.2) is 0 Å². The normalized spacial score (nSPS) is 19.6. The Labute approximate surface area is 158 Å². The number of allylic oxidation sites excluding steroid dienone is 2. The Hall–Kier alpha value is -2.13. The summed E-state index contributed by atoms with van der Waals surface area (Å²) in [4.78, 5) is 4.25. The fourth-order valence-corrected chi connectivity index (χ4v) is 2.60. The standard InChI is InChI=1S/C19H19F6NO2/c1-4-5-11(2)16-17(27-7-6-26-16)28-12(3)13-8-14(18(20,21)22)10-15(9-13)19(23,24)25/h4-5,8-10,12,17H,2,6-7H2,1,3H3/b5-4-/t12-,17-/m1/s1. The summed E-state index contributed by atoms with van der Waals surface area (Å²) in [6, 6.07) is 1.36. The van der Waals surface area contributed by atoms with Crippen LogP contribution in [0.1, 0.15) is 36.6 Å². The molecule has 2 rings (SSSR count). The van der Waals surface area contributed by atoms with Crippen molar-refractivity contribution in [1.82, 2.24) is 0 Å². The zero-order chi connectivity index (χ0) is 21.1. The molecule has 0 fully saturated rings. The maximum Gasteiger partial charge on any atom is 0.416 e. The third kappa shape index (κ3) is 5.45. The average molecular weight is 407 g/mol. The molecule has 0 bridgehead atoms. The molecule has 1 heterocycles. The fraction of sp³-hybridized carbons (Fsp3) is 0.421. The highest BCUT2D eigenvalue weighted by molar-refractivity contribution is 6.04. The molecule has 9 heteroatoms. The van der Waals surface area contributed by atoms with Gasteiger partial charge in [-0.2, -0.15) is 26.3 Å². The summed E-state index contributed by atoms with van der Waals surface area (Å²) >= 11 is 0. The predicted molar refractivity (Wildman–Crippen MR) is 91.9 cm³/mol. The van der Waals surface area contributed by atoms with Crippen molar-refractivity contribution >= 4 is 5.71 Å². The summed E-state index contributed by atoms with van der Waals surface area (Å²) in [6.07, 6.45) is -8.65. The second kappa shape index (κ2) is 8.48. The first-order valence-electron chi connectivity index (χ1n) is 8.36. The molecule has 1 aliphatic heterocycles. The van der Waals surface area contributed by atoms with E-state index in [1.54, 1.807) is 19.1 Å². The maximum absolute atomic E-state index is 13.0. The van der Waals surface area contributed by atoms with Crippen LogP contribution >= 0.6 is 0 Å². The first-order valence-corrected chi connectivity index (χ1v) is 8.36. The molecule has 1 aromatic rings. The van der Waals surface area contributed by atoms with Crippen LogP contribution in [0.3, 0.4) is 0 Å². The highest BCUT2D eigenvalue weighted by Crippen LogP contribution is 2.38. The Morgan fingerprint density at radius 2 is 1.75 bits per heavy atom. The summed E-state index contributed by atoms with van der Waals surface area (Å²) in [5.41, 5.74) is -2.24. The van der Waals surface area contributed by atoms with Crippen LogP contribution in [0.25, 0.3) is 0 Å². The number of ether oxygens (including phenoxy) is 2. The minimum absolute atomic E-state index is 0.0775. The molecule has 1 aromatic carbocycles. The van der Waals surface area contributed by atoms with Crippen LogP contribution in [0.2, 0.25) is 0 Å². The molecule has 0 aromatic heterocycles. The van der Waals surface area contributed by atoms with Gasteiger partial charge >= 0.3 is 12.4 Å². The smallest absolute Gasteiger partial charge is 0.345 e. The van der Waals surface area contributed by atoms with Crippen molar-refractivity contribution in [2.24, 2.45) is 4.99 Å².